The summed E-state index contributed by atoms with van der Waals surface area (Å²) >= 11 is 0. The van der Waals surface area contributed by atoms with Crippen LogP contribution in [0.15, 0.2) is 35.0 Å². The van der Waals surface area contributed by atoms with Gasteiger partial charge < -0.3 is 39.5 Å². The van der Waals surface area contributed by atoms with Crippen molar-refractivity contribution in [2.45, 2.75) is 115 Å². The lowest BCUT2D eigenvalue weighted by Gasteiger charge is -2.56. The summed E-state index contributed by atoms with van der Waals surface area (Å²) in [7, 11) is 1.42. The minimum atomic E-state index is -2.08. The van der Waals surface area contributed by atoms with Crippen LogP contribution in [-0.4, -0.2) is 90.4 Å². The van der Waals surface area contributed by atoms with Crippen LogP contribution in [0.1, 0.15) is 125 Å². The number of hydrogen-bond acceptors (Lipinski definition) is 13. The molecular weight excluding hydrogens is 660 g/mol. The highest BCUT2D eigenvalue weighted by Crippen LogP contribution is 2.62. The highest BCUT2D eigenvalue weighted by atomic mass is 16.6. The molecule has 2 aliphatic carbocycles. The Labute approximate surface area is 298 Å². The first kappa shape index (κ1) is 38.2. The highest BCUT2D eigenvalue weighted by molar-refractivity contribution is 6.03. The van der Waals surface area contributed by atoms with Gasteiger partial charge in [0.2, 0.25) is 11.5 Å². The Hall–Kier alpha value is -4.01. The van der Waals surface area contributed by atoms with Gasteiger partial charge in [0.25, 0.3) is 0 Å². The van der Waals surface area contributed by atoms with E-state index in [1.165, 1.54) is 17.9 Å². The molecule has 1 fully saturated rings. The van der Waals surface area contributed by atoms with E-state index in [9.17, 15) is 30.0 Å². The maximum absolute atomic E-state index is 14.0. The van der Waals surface area contributed by atoms with Crippen molar-refractivity contribution in [1.82, 2.24) is 15.0 Å². The molecule has 14 nitrogen and oxygen atoms in total. The van der Waals surface area contributed by atoms with E-state index in [1.54, 1.807) is 53.7 Å². The SMILES string of the molecule is CON=C1CC(n2nnc(C(=O)OC(C)(C)C)c2C(=O)OC(C)(C)C)C2(O)Oc3ccc(O)cc3C3C(CCCCO)C(CCCCO)C=C1C32. The fraction of sp³-hybridized carbons (Fsp3) is 0.649. The number of esters is 2. The summed E-state index contributed by atoms with van der Waals surface area (Å²) in [6, 6.07) is 3.58. The minimum absolute atomic E-state index is 0.00915. The van der Waals surface area contributed by atoms with Crippen LogP contribution in [0.4, 0.5) is 0 Å². The molecule has 0 bridgehead atoms. The van der Waals surface area contributed by atoms with Crippen LogP contribution in [-0.2, 0) is 14.3 Å². The van der Waals surface area contributed by atoms with Gasteiger partial charge in [-0.15, -0.1) is 5.10 Å². The number of benzene rings is 1. The number of phenolic OH excluding ortho intramolecular Hbond substituents is 1. The third-order valence-electron chi connectivity index (χ3n) is 9.63. The number of aromatic hydroxyl groups is 1. The van der Waals surface area contributed by atoms with E-state index in [1.807, 2.05) is 0 Å². The lowest BCUT2D eigenvalue weighted by Crippen LogP contribution is -2.62. The maximum atomic E-state index is 14.0. The Kier molecular flexibility index (Phi) is 11.2. The molecule has 14 heteroatoms. The normalized spacial score (nSPS) is 26.4. The number of hydrogen-bond donors (Lipinski definition) is 4. The van der Waals surface area contributed by atoms with Gasteiger partial charge >= 0.3 is 11.9 Å². The number of allylic oxidation sites excluding steroid dienone is 1. The van der Waals surface area contributed by atoms with E-state index >= 15 is 0 Å². The Morgan fingerprint density at radius 3 is 2.27 bits per heavy atom. The van der Waals surface area contributed by atoms with E-state index in [-0.39, 0.29) is 48.6 Å². The van der Waals surface area contributed by atoms with Crippen LogP contribution < -0.4 is 4.74 Å². The van der Waals surface area contributed by atoms with Gasteiger partial charge in [-0.2, -0.15) is 0 Å². The fourth-order valence-electron chi connectivity index (χ4n) is 7.81. The van der Waals surface area contributed by atoms with E-state index < -0.39 is 46.8 Å². The minimum Gasteiger partial charge on any atom is -0.508 e. The van der Waals surface area contributed by atoms with Crippen molar-refractivity contribution in [1.29, 1.82) is 0 Å². The van der Waals surface area contributed by atoms with Gasteiger partial charge in [0.15, 0.2) is 5.69 Å². The molecule has 51 heavy (non-hydrogen) atoms. The molecule has 1 saturated carbocycles. The monoisotopic (exact) mass is 712 g/mol. The molecule has 0 radical (unpaired) electrons. The molecule has 1 aliphatic heterocycles. The van der Waals surface area contributed by atoms with E-state index in [0.29, 0.717) is 48.3 Å². The molecule has 5 rings (SSSR count). The van der Waals surface area contributed by atoms with Gasteiger partial charge in [-0.25, -0.2) is 14.3 Å². The summed E-state index contributed by atoms with van der Waals surface area (Å²) in [6.45, 7) is 10.2. The van der Waals surface area contributed by atoms with Crippen molar-refractivity contribution in [2.75, 3.05) is 20.3 Å². The standard InChI is InChI=1S/C37H52N4O10/c1-35(2,3)50-33(45)31-32(34(46)51-36(4,5)6)41(40-38-31)28-20-26(39-48-7)24-18-21(12-8-10-16-42)23(13-9-11-17-43)29-25-19-22(44)14-15-27(25)49-37(28,47)30(24)29/h14-15,18-19,21,23,28-30,42-44,47H,8-13,16-17,20H2,1-7H3. The summed E-state index contributed by atoms with van der Waals surface area (Å²) in [5.74, 6) is -4.79. The molecule has 6 unspecified atom stereocenters. The summed E-state index contributed by atoms with van der Waals surface area (Å²) in [6.07, 6.45) is 6.21. The molecule has 0 amide bonds. The lowest BCUT2D eigenvalue weighted by molar-refractivity contribution is -0.225. The second-order valence-corrected chi connectivity index (χ2v) is 15.6. The van der Waals surface area contributed by atoms with Crippen LogP contribution >= 0.6 is 0 Å². The Morgan fingerprint density at radius 2 is 1.65 bits per heavy atom. The quantitative estimate of drug-likeness (QED) is 0.133. The van der Waals surface area contributed by atoms with Gasteiger partial charge in [0.1, 0.15) is 35.9 Å². The lowest BCUT2D eigenvalue weighted by atomic mass is 9.55. The summed E-state index contributed by atoms with van der Waals surface area (Å²) < 4.78 is 19.1. The molecule has 2 heterocycles. The predicted octanol–water partition coefficient (Wildman–Crippen LogP) is 4.82. The first-order valence-electron chi connectivity index (χ1n) is 17.7. The van der Waals surface area contributed by atoms with E-state index in [2.05, 4.69) is 21.5 Å². The Morgan fingerprint density at radius 1 is 1.00 bits per heavy atom. The second-order valence-electron chi connectivity index (χ2n) is 15.6. The van der Waals surface area contributed by atoms with Gasteiger partial charge in [-0.1, -0.05) is 29.3 Å². The molecule has 280 valence electrons. The van der Waals surface area contributed by atoms with Crippen LogP contribution in [0, 0.1) is 17.8 Å². The third-order valence-corrected chi connectivity index (χ3v) is 9.63. The van der Waals surface area contributed by atoms with Crippen LogP contribution in [0.3, 0.4) is 0 Å². The summed E-state index contributed by atoms with van der Waals surface area (Å²) in [4.78, 5) is 32.8. The number of oxime groups is 1. The van der Waals surface area contributed by atoms with Crippen LogP contribution in [0.25, 0.3) is 0 Å². The number of aliphatic hydroxyl groups is 3. The van der Waals surface area contributed by atoms with Gasteiger partial charge in [-0.05, 0) is 103 Å². The number of carbonyl (C=O) groups is 2. The van der Waals surface area contributed by atoms with Crippen molar-refractivity contribution in [3.63, 3.8) is 0 Å². The number of phenols is 1. The number of ether oxygens (including phenoxy) is 3. The summed E-state index contributed by atoms with van der Waals surface area (Å²) in [5.41, 5.74) is -0.661. The fourth-order valence-corrected chi connectivity index (χ4v) is 7.81. The second kappa shape index (κ2) is 14.9. The topological polar surface area (TPSA) is 195 Å². The zero-order valence-corrected chi connectivity index (χ0v) is 30.6. The average Bonchev–Trinajstić information content (AvgIpc) is 3.47. The first-order chi connectivity index (χ1) is 24.0. The molecule has 6 atom stereocenters. The number of unbranched alkanes of at least 4 members (excludes halogenated alkanes) is 2. The molecule has 2 aromatic rings. The molecule has 4 N–H and O–H groups in total. The number of fused-ring (bicyclic) bond motifs is 2. The molecule has 3 aliphatic rings. The van der Waals surface area contributed by atoms with Gasteiger partial charge in [0.05, 0.1) is 11.6 Å². The molecule has 1 aromatic heterocycles. The van der Waals surface area contributed by atoms with Gasteiger partial charge in [-0.3, -0.25) is 0 Å². The van der Waals surface area contributed by atoms with Gasteiger partial charge in [0, 0.05) is 31.1 Å². The largest absolute Gasteiger partial charge is 0.508 e. The van der Waals surface area contributed by atoms with Crippen molar-refractivity contribution in [2.24, 2.45) is 22.9 Å². The number of rotatable bonds is 12. The Bertz CT molecular complexity index is 1650. The molecule has 0 spiro atoms. The maximum Gasteiger partial charge on any atom is 0.362 e. The third kappa shape index (κ3) is 7.92. The molecule has 1 aromatic carbocycles. The number of aromatic nitrogens is 3. The number of nitrogens with zero attached hydrogens (tertiary/aromatic N) is 4. The van der Waals surface area contributed by atoms with Crippen molar-refractivity contribution in [3.05, 3.63) is 46.8 Å². The predicted molar refractivity (Wildman–Crippen MR) is 185 cm³/mol. The highest BCUT2D eigenvalue weighted by Gasteiger charge is 2.64. The van der Waals surface area contributed by atoms with Crippen molar-refractivity contribution >= 4 is 17.7 Å². The first-order valence-corrected chi connectivity index (χ1v) is 17.7. The Balaban J connectivity index is 1.75. The van der Waals surface area contributed by atoms with Crippen LogP contribution in [0.2, 0.25) is 0 Å². The zero-order chi connectivity index (χ0) is 37.3. The van der Waals surface area contributed by atoms with Crippen molar-refractivity contribution in [3.8, 4) is 11.5 Å². The van der Waals surface area contributed by atoms with Crippen molar-refractivity contribution < 1.29 is 49.1 Å². The molecular formula is C37H52N4O10. The smallest absolute Gasteiger partial charge is 0.362 e. The van der Waals surface area contributed by atoms with E-state index in [4.69, 9.17) is 19.0 Å². The van der Waals surface area contributed by atoms with Crippen LogP contribution in [0.5, 0.6) is 11.5 Å². The zero-order valence-electron chi connectivity index (χ0n) is 30.6. The summed E-state index contributed by atoms with van der Waals surface area (Å²) in [5, 5.41) is 56.0. The molecule has 0 saturated heterocycles. The number of carbonyl (C=O) groups excluding carboxylic acids is 2. The van der Waals surface area contributed by atoms with E-state index in [0.717, 1.165) is 12.8 Å². The average molecular weight is 713 g/mol. The number of aliphatic hydroxyl groups excluding tert-OH is 2.